The smallest absolute Gasteiger partial charge is 0.137 e. The Kier molecular flexibility index (Phi) is 6.03. The Morgan fingerprint density at radius 3 is 2.29 bits per heavy atom. The van der Waals surface area contributed by atoms with Crippen LogP contribution < -0.4 is 14.8 Å². The largest absolute Gasteiger partial charge is 0.490 e. The van der Waals surface area contributed by atoms with Crippen LogP contribution in [0.15, 0.2) is 48.7 Å². The molecule has 4 nitrogen and oxygen atoms in total. The number of para-hydroxylation sites is 1. The van der Waals surface area contributed by atoms with Gasteiger partial charge in [0.2, 0.25) is 0 Å². The summed E-state index contributed by atoms with van der Waals surface area (Å²) in [6.07, 6.45) is 1.75. The minimum Gasteiger partial charge on any atom is -0.490 e. The van der Waals surface area contributed by atoms with Crippen LogP contribution in [0.25, 0.3) is 0 Å². The van der Waals surface area contributed by atoms with Crippen LogP contribution in [0.3, 0.4) is 0 Å². The quantitative estimate of drug-likeness (QED) is 0.758. The molecule has 0 amide bonds. The number of benzene rings is 1. The highest BCUT2D eigenvalue weighted by Crippen LogP contribution is 2.10. The van der Waals surface area contributed by atoms with Gasteiger partial charge in [-0.3, -0.25) is 4.98 Å². The van der Waals surface area contributed by atoms with E-state index in [9.17, 15) is 0 Å². The predicted molar refractivity (Wildman–Crippen MR) is 83.6 cm³/mol. The van der Waals surface area contributed by atoms with Gasteiger partial charge in [0.05, 0.1) is 11.9 Å². The van der Waals surface area contributed by atoms with Gasteiger partial charge in [0.1, 0.15) is 24.7 Å². The van der Waals surface area contributed by atoms with E-state index in [0.717, 1.165) is 23.7 Å². The fourth-order valence-electron chi connectivity index (χ4n) is 1.75. The molecular formula is C17H22N2O2. The Bertz CT molecular complexity index is 512. The van der Waals surface area contributed by atoms with Crippen LogP contribution in [0, 0.1) is 0 Å². The Hall–Kier alpha value is -2.07. The van der Waals surface area contributed by atoms with Crippen molar-refractivity contribution in [2.75, 3.05) is 13.2 Å². The van der Waals surface area contributed by atoms with Crippen molar-refractivity contribution in [2.45, 2.75) is 26.4 Å². The van der Waals surface area contributed by atoms with Gasteiger partial charge in [0, 0.05) is 12.6 Å². The lowest BCUT2D eigenvalue weighted by atomic mass is 10.3. The second-order valence-corrected chi connectivity index (χ2v) is 5.03. The van der Waals surface area contributed by atoms with Crippen molar-refractivity contribution in [1.82, 2.24) is 10.3 Å². The first-order chi connectivity index (χ1) is 10.2. The molecule has 0 saturated heterocycles. The Labute approximate surface area is 126 Å². The summed E-state index contributed by atoms with van der Waals surface area (Å²) in [5, 5.41) is 3.33. The van der Waals surface area contributed by atoms with Gasteiger partial charge < -0.3 is 14.8 Å². The highest BCUT2D eigenvalue weighted by molar-refractivity contribution is 5.21. The van der Waals surface area contributed by atoms with Crippen LogP contribution in [-0.4, -0.2) is 24.2 Å². The van der Waals surface area contributed by atoms with E-state index in [1.165, 1.54) is 0 Å². The molecule has 0 aliphatic heterocycles. The van der Waals surface area contributed by atoms with Crippen LogP contribution in [-0.2, 0) is 6.54 Å². The molecule has 0 radical (unpaired) electrons. The number of hydrogen-bond donors (Lipinski definition) is 1. The first-order valence-electron chi connectivity index (χ1n) is 7.23. The zero-order valence-electron chi connectivity index (χ0n) is 12.6. The average Bonchev–Trinajstić information content (AvgIpc) is 2.52. The Morgan fingerprint density at radius 2 is 1.67 bits per heavy atom. The minimum absolute atomic E-state index is 0.456. The third kappa shape index (κ3) is 5.83. The van der Waals surface area contributed by atoms with E-state index in [-0.39, 0.29) is 0 Å². The van der Waals surface area contributed by atoms with Crippen molar-refractivity contribution in [3.63, 3.8) is 0 Å². The molecular weight excluding hydrogens is 264 g/mol. The van der Waals surface area contributed by atoms with E-state index in [1.54, 1.807) is 6.20 Å². The number of rotatable bonds is 8. The van der Waals surface area contributed by atoms with E-state index >= 15 is 0 Å². The second-order valence-electron chi connectivity index (χ2n) is 5.03. The SMILES string of the molecule is CC(C)NCc1ccc(OCCOc2ccccc2)cn1. The summed E-state index contributed by atoms with van der Waals surface area (Å²) >= 11 is 0. The van der Waals surface area contributed by atoms with Gasteiger partial charge in [-0.05, 0) is 24.3 Å². The first-order valence-corrected chi connectivity index (χ1v) is 7.23. The third-order valence-electron chi connectivity index (χ3n) is 2.85. The van der Waals surface area contributed by atoms with E-state index in [0.29, 0.717) is 19.3 Å². The minimum atomic E-state index is 0.456. The standard InChI is InChI=1S/C17H22N2O2/c1-14(2)18-12-15-8-9-17(13-19-15)21-11-10-20-16-6-4-3-5-7-16/h3-9,13-14,18H,10-12H2,1-2H3. The molecule has 0 unspecified atom stereocenters. The molecule has 0 saturated carbocycles. The molecule has 0 fully saturated rings. The zero-order valence-corrected chi connectivity index (χ0v) is 12.6. The number of aromatic nitrogens is 1. The van der Waals surface area contributed by atoms with Crippen molar-refractivity contribution in [3.05, 3.63) is 54.4 Å². The molecule has 2 rings (SSSR count). The molecule has 0 aliphatic carbocycles. The molecule has 1 heterocycles. The van der Waals surface area contributed by atoms with Gasteiger partial charge in [0.15, 0.2) is 0 Å². The number of ether oxygens (including phenoxy) is 2. The van der Waals surface area contributed by atoms with Crippen molar-refractivity contribution >= 4 is 0 Å². The molecule has 0 aliphatic rings. The van der Waals surface area contributed by atoms with Crippen molar-refractivity contribution in [2.24, 2.45) is 0 Å². The molecule has 0 spiro atoms. The lowest BCUT2D eigenvalue weighted by molar-refractivity contribution is 0.216. The van der Waals surface area contributed by atoms with E-state index in [1.807, 2.05) is 42.5 Å². The maximum absolute atomic E-state index is 5.60. The molecule has 1 aromatic heterocycles. The summed E-state index contributed by atoms with van der Waals surface area (Å²) in [5.41, 5.74) is 1.01. The van der Waals surface area contributed by atoms with E-state index in [2.05, 4.69) is 24.1 Å². The van der Waals surface area contributed by atoms with Gasteiger partial charge in [-0.1, -0.05) is 32.0 Å². The number of hydrogen-bond acceptors (Lipinski definition) is 4. The van der Waals surface area contributed by atoms with Crippen molar-refractivity contribution in [1.29, 1.82) is 0 Å². The normalized spacial score (nSPS) is 10.6. The van der Waals surface area contributed by atoms with Crippen LogP contribution in [0.2, 0.25) is 0 Å². The first kappa shape index (κ1) is 15.3. The van der Waals surface area contributed by atoms with Gasteiger partial charge in [0.25, 0.3) is 0 Å². The van der Waals surface area contributed by atoms with Crippen LogP contribution >= 0.6 is 0 Å². The fraction of sp³-hybridized carbons (Fsp3) is 0.353. The molecule has 1 aromatic carbocycles. The highest BCUT2D eigenvalue weighted by Gasteiger charge is 1.99. The molecule has 2 aromatic rings. The monoisotopic (exact) mass is 286 g/mol. The summed E-state index contributed by atoms with van der Waals surface area (Å²) in [7, 11) is 0. The van der Waals surface area contributed by atoms with Crippen LogP contribution in [0.5, 0.6) is 11.5 Å². The maximum atomic E-state index is 5.60. The van der Waals surface area contributed by atoms with Crippen LogP contribution in [0.1, 0.15) is 19.5 Å². The summed E-state index contributed by atoms with van der Waals surface area (Å²) < 4.78 is 11.2. The molecule has 112 valence electrons. The molecule has 1 N–H and O–H groups in total. The molecule has 0 atom stereocenters. The lowest BCUT2D eigenvalue weighted by Gasteiger charge is -2.09. The van der Waals surface area contributed by atoms with Crippen molar-refractivity contribution < 1.29 is 9.47 Å². The maximum Gasteiger partial charge on any atom is 0.137 e. The van der Waals surface area contributed by atoms with Crippen molar-refractivity contribution in [3.8, 4) is 11.5 Å². The topological polar surface area (TPSA) is 43.4 Å². The van der Waals surface area contributed by atoms with Gasteiger partial charge >= 0.3 is 0 Å². The number of pyridine rings is 1. The molecule has 21 heavy (non-hydrogen) atoms. The summed E-state index contributed by atoms with van der Waals surface area (Å²) in [4.78, 5) is 4.36. The lowest BCUT2D eigenvalue weighted by Crippen LogP contribution is -2.22. The summed E-state index contributed by atoms with van der Waals surface area (Å²) in [5.74, 6) is 1.62. The predicted octanol–water partition coefficient (Wildman–Crippen LogP) is 3.04. The number of nitrogens with one attached hydrogen (secondary N) is 1. The summed E-state index contributed by atoms with van der Waals surface area (Å²) in [6.45, 7) is 6.02. The van der Waals surface area contributed by atoms with Crippen LogP contribution in [0.4, 0.5) is 0 Å². The fourth-order valence-corrected chi connectivity index (χ4v) is 1.75. The van der Waals surface area contributed by atoms with E-state index in [4.69, 9.17) is 9.47 Å². The third-order valence-corrected chi connectivity index (χ3v) is 2.85. The summed E-state index contributed by atoms with van der Waals surface area (Å²) in [6, 6.07) is 14.1. The van der Waals surface area contributed by atoms with Gasteiger partial charge in [-0.25, -0.2) is 0 Å². The Morgan fingerprint density at radius 1 is 0.952 bits per heavy atom. The van der Waals surface area contributed by atoms with Gasteiger partial charge in [-0.2, -0.15) is 0 Å². The second kappa shape index (κ2) is 8.27. The zero-order chi connectivity index (χ0) is 14.9. The van der Waals surface area contributed by atoms with Gasteiger partial charge in [-0.15, -0.1) is 0 Å². The Balaban J connectivity index is 1.69. The molecule has 0 bridgehead atoms. The molecule has 4 heteroatoms. The van der Waals surface area contributed by atoms with E-state index < -0.39 is 0 Å². The average molecular weight is 286 g/mol. The highest BCUT2D eigenvalue weighted by atomic mass is 16.5. The number of nitrogens with zero attached hydrogens (tertiary/aromatic N) is 1.